The maximum absolute atomic E-state index is 12.8. The number of hydrogen-bond donors (Lipinski definition) is 2. The number of rotatable bonds is 10. The molecule has 0 atom stereocenters. The van der Waals surface area contributed by atoms with Crippen LogP contribution in [0.4, 0.5) is 5.69 Å². The van der Waals surface area contributed by atoms with Crippen LogP contribution in [0.3, 0.4) is 0 Å². The number of anilines is 1. The minimum absolute atomic E-state index is 0.0736. The SMILES string of the molecule is O=C(NCCCNc1ccccc1)c1ccccc1SCc1nnnn1-c1ccccc1. The van der Waals surface area contributed by atoms with E-state index >= 15 is 0 Å². The molecule has 1 heterocycles. The molecule has 1 amide bonds. The van der Waals surface area contributed by atoms with Crippen LogP contribution in [0.25, 0.3) is 5.69 Å². The maximum Gasteiger partial charge on any atom is 0.252 e. The van der Waals surface area contributed by atoms with Gasteiger partial charge in [0.05, 0.1) is 17.0 Å². The second-order valence-electron chi connectivity index (χ2n) is 7.03. The third-order valence-electron chi connectivity index (χ3n) is 4.77. The molecule has 32 heavy (non-hydrogen) atoms. The molecule has 0 radical (unpaired) electrons. The molecule has 0 bridgehead atoms. The van der Waals surface area contributed by atoms with Gasteiger partial charge in [-0.1, -0.05) is 48.5 Å². The highest BCUT2D eigenvalue weighted by atomic mass is 32.2. The van der Waals surface area contributed by atoms with Crippen LogP contribution in [0.5, 0.6) is 0 Å². The Balaban J connectivity index is 1.31. The van der Waals surface area contributed by atoms with Gasteiger partial charge in [0.15, 0.2) is 5.82 Å². The van der Waals surface area contributed by atoms with E-state index in [4.69, 9.17) is 0 Å². The minimum Gasteiger partial charge on any atom is -0.385 e. The number of benzene rings is 3. The molecule has 2 N–H and O–H groups in total. The molecule has 0 fully saturated rings. The molecule has 3 aromatic carbocycles. The van der Waals surface area contributed by atoms with Gasteiger partial charge in [0.1, 0.15) is 0 Å². The van der Waals surface area contributed by atoms with Crippen LogP contribution in [-0.2, 0) is 5.75 Å². The van der Waals surface area contributed by atoms with E-state index in [0.29, 0.717) is 17.9 Å². The number of para-hydroxylation sites is 2. The Labute approximate surface area is 191 Å². The topological polar surface area (TPSA) is 84.7 Å². The van der Waals surface area contributed by atoms with E-state index in [2.05, 4.69) is 26.2 Å². The fraction of sp³-hybridized carbons (Fsp3) is 0.167. The van der Waals surface area contributed by atoms with Crippen LogP contribution in [-0.4, -0.2) is 39.2 Å². The lowest BCUT2D eigenvalue weighted by atomic mass is 10.2. The van der Waals surface area contributed by atoms with Crippen LogP contribution in [0.1, 0.15) is 22.6 Å². The number of thioether (sulfide) groups is 1. The Morgan fingerprint density at radius 3 is 2.41 bits per heavy atom. The van der Waals surface area contributed by atoms with E-state index in [1.807, 2.05) is 84.9 Å². The van der Waals surface area contributed by atoms with Gasteiger partial charge in [-0.15, -0.1) is 16.9 Å². The van der Waals surface area contributed by atoms with Crippen molar-refractivity contribution in [1.82, 2.24) is 25.5 Å². The minimum atomic E-state index is -0.0736. The standard InChI is InChI=1S/C24H24N6OS/c31-24(26-17-9-16-25-19-10-3-1-4-11-19)21-14-7-8-15-22(21)32-18-23-27-28-29-30(23)20-12-5-2-6-13-20/h1-8,10-15,25H,9,16-18H2,(H,26,31). The Bertz CT molecular complexity index is 1130. The fourth-order valence-corrected chi connectivity index (χ4v) is 4.12. The monoisotopic (exact) mass is 444 g/mol. The number of hydrogen-bond acceptors (Lipinski definition) is 6. The molecule has 0 saturated heterocycles. The highest BCUT2D eigenvalue weighted by Crippen LogP contribution is 2.26. The van der Waals surface area contributed by atoms with Crippen molar-refractivity contribution in [3.05, 3.63) is 96.3 Å². The number of amides is 1. The van der Waals surface area contributed by atoms with Gasteiger partial charge in [-0.3, -0.25) is 4.79 Å². The molecule has 8 heteroatoms. The number of aromatic nitrogens is 4. The molecule has 0 aliphatic carbocycles. The molecular weight excluding hydrogens is 420 g/mol. The van der Waals surface area contributed by atoms with Crippen molar-refractivity contribution in [3.63, 3.8) is 0 Å². The highest BCUT2D eigenvalue weighted by molar-refractivity contribution is 7.98. The third kappa shape index (κ3) is 5.73. The Kier molecular flexibility index (Phi) is 7.49. The maximum atomic E-state index is 12.8. The number of nitrogens with zero attached hydrogens (tertiary/aromatic N) is 4. The number of carbonyl (C=O) groups excluding carboxylic acids is 1. The number of carbonyl (C=O) groups is 1. The first kappa shape index (κ1) is 21.6. The summed E-state index contributed by atoms with van der Waals surface area (Å²) in [5.41, 5.74) is 2.65. The second-order valence-corrected chi connectivity index (χ2v) is 8.05. The first-order valence-electron chi connectivity index (χ1n) is 10.4. The molecule has 162 valence electrons. The predicted octanol–water partition coefficient (Wildman–Crippen LogP) is 4.19. The van der Waals surface area contributed by atoms with E-state index in [1.54, 1.807) is 16.4 Å². The van der Waals surface area contributed by atoms with Gasteiger partial charge in [0, 0.05) is 23.7 Å². The van der Waals surface area contributed by atoms with Crippen LogP contribution in [0, 0.1) is 0 Å². The summed E-state index contributed by atoms with van der Waals surface area (Å²) in [6, 6.07) is 27.4. The van der Waals surface area contributed by atoms with Gasteiger partial charge in [-0.05, 0) is 53.2 Å². The average molecular weight is 445 g/mol. The largest absolute Gasteiger partial charge is 0.385 e. The first-order chi connectivity index (χ1) is 15.8. The van der Waals surface area contributed by atoms with Crippen molar-refractivity contribution in [3.8, 4) is 5.69 Å². The van der Waals surface area contributed by atoms with E-state index in [9.17, 15) is 4.79 Å². The normalized spacial score (nSPS) is 10.6. The smallest absolute Gasteiger partial charge is 0.252 e. The number of nitrogens with one attached hydrogen (secondary N) is 2. The van der Waals surface area contributed by atoms with Gasteiger partial charge in [-0.2, -0.15) is 4.68 Å². The van der Waals surface area contributed by atoms with E-state index in [-0.39, 0.29) is 5.91 Å². The van der Waals surface area contributed by atoms with E-state index < -0.39 is 0 Å². The number of tetrazole rings is 1. The van der Waals surface area contributed by atoms with E-state index in [1.165, 1.54) is 0 Å². The molecule has 7 nitrogen and oxygen atoms in total. The van der Waals surface area contributed by atoms with Crippen molar-refractivity contribution in [2.45, 2.75) is 17.1 Å². The average Bonchev–Trinajstić information content (AvgIpc) is 3.32. The summed E-state index contributed by atoms with van der Waals surface area (Å²) in [7, 11) is 0. The summed E-state index contributed by atoms with van der Waals surface area (Å²) < 4.78 is 1.72. The molecule has 0 spiro atoms. The zero-order chi connectivity index (χ0) is 22.0. The van der Waals surface area contributed by atoms with Crippen LogP contribution in [0.2, 0.25) is 0 Å². The Morgan fingerprint density at radius 2 is 1.59 bits per heavy atom. The van der Waals surface area contributed by atoms with Crippen molar-refractivity contribution in [2.24, 2.45) is 0 Å². The van der Waals surface area contributed by atoms with Crippen LogP contribution >= 0.6 is 11.8 Å². The summed E-state index contributed by atoms with van der Waals surface area (Å²) in [4.78, 5) is 13.7. The van der Waals surface area contributed by atoms with Crippen LogP contribution in [0.15, 0.2) is 89.8 Å². The van der Waals surface area contributed by atoms with Gasteiger partial charge in [0.2, 0.25) is 0 Å². The fourth-order valence-electron chi connectivity index (χ4n) is 3.16. The quantitative estimate of drug-likeness (QED) is 0.282. The summed E-state index contributed by atoms with van der Waals surface area (Å²) in [6.07, 6.45) is 0.835. The van der Waals surface area contributed by atoms with Crippen LogP contribution < -0.4 is 10.6 Å². The van der Waals surface area contributed by atoms with Crippen molar-refractivity contribution in [2.75, 3.05) is 18.4 Å². The molecule has 0 aliphatic rings. The van der Waals surface area contributed by atoms with Crippen molar-refractivity contribution >= 4 is 23.4 Å². The lowest BCUT2D eigenvalue weighted by Crippen LogP contribution is -2.26. The zero-order valence-corrected chi connectivity index (χ0v) is 18.3. The van der Waals surface area contributed by atoms with Crippen molar-refractivity contribution in [1.29, 1.82) is 0 Å². The Hall–Kier alpha value is -3.65. The summed E-state index contributed by atoms with van der Waals surface area (Å²) >= 11 is 1.55. The van der Waals surface area contributed by atoms with Gasteiger partial charge >= 0.3 is 0 Å². The van der Waals surface area contributed by atoms with Crippen molar-refractivity contribution < 1.29 is 4.79 Å². The van der Waals surface area contributed by atoms with Gasteiger partial charge in [0.25, 0.3) is 5.91 Å². The lowest BCUT2D eigenvalue weighted by Gasteiger charge is -2.11. The lowest BCUT2D eigenvalue weighted by molar-refractivity contribution is 0.0950. The molecule has 0 saturated carbocycles. The zero-order valence-electron chi connectivity index (χ0n) is 17.5. The Morgan fingerprint density at radius 1 is 0.875 bits per heavy atom. The molecule has 0 unspecified atom stereocenters. The molecule has 4 aromatic rings. The highest BCUT2D eigenvalue weighted by Gasteiger charge is 2.14. The molecule has 0 aliphatic heterocycles. The molecule has 1 aromatic heterocycles. The second kappa shape index (κ2) is 11.1. The molecular formula is C24H24N6OS. The summed E-state index contributed by atoms with van der Waals surface area (Å²) in [5.74, 6) is 1.20. The molecule has 4 rings (SSSR count). The first-order valence-corrected chi connectivity index (χ1v) is 11.4. The predicted molar refractivity (Wildman–Crippen MR) is 127 cm³/mol. The van der Waals surface area contributed by atoms with Gasteiger partial charge < -0.3 is 10.6 Å². The summed E-state index contributed by atoms with van der Waals surface area (Å²) in [6.45, 7) is 1.40. The third-order valence-corrected chi connectivity index (χ3v) is 5.83. The van der Waals surface area contributed by atoms with E-state index in [0.717, 1.165) is 35.1 Å². The van der Waals surface area contributed by atoms with Gasteiger partial charge in [-0.25, -0.2) is 0 Å². The summed E-state index contributed by atoms with van der Waals surface area (Å²) in [5, 5.41) is 18.4.